The van der Waals surface area contributed by atoms with Crippen LogP contribution in [0.3, 0.4) is 0 Å². The smallest absolute Gasteiger partial charge is 0.298 e. The minimum absolute atomic E-state index is 0.705. The van der Waals surface area contributed by atoms with Crippen molar-refractivity contribution in [2.45, 2.75) is 38.1 Å². The highest BCUT2D eigenvalue weighted by molar-refractivity contribution is 6.31. The SMILES string of the molecule is Clc1ccc2oc(N3CCC(N4CCCCC4)CC3)nc2c1. The van der Waals surface area contributed by atoms with Gasteiger partial charge in [-0.1, -0.05) is 18.0 Å². The molecule has 2 aliphatic heterocycles. The fraction of sp³-hybridized carbons (Fsp3) is 0.588. The van der Waals surface area contributed by atoms with Gasteiger partial charge < -0.3 is 14.2 Å². The zero-order valence-corrected chi connectivity index (χ0v) is 13.6. The van der Waals surface area contributed by atoms with Crippen LogP contribution in [-0.2, 0) is 0 Å². The van der Waals surface area contributed by atoms with Crippen molar-refractivity contribution in [1.82, 2.24) is 9.88 Å². The number of aromatic nitrogens is 1. The van der Waals surface area contributed by atoms with Gasteiger partial charge in [0.1, 0.15) is 5.52 Å². The Labute approximate surface area is 136 Å². The third-order valence-corrected chi connectivity index (χ3v) is 5.22. The van der Waals surface area contributed by atoms with Gasteiger partial charge in [-0.15, -0.1) is 0 Å². The van der Waals surface area contributed by atoms with Crippen molar-refractivity contribution in [1.29, 1.82) is 0 Å². The van der Waals surface area contributed by atoms with E-state index in [0.29, 0.717) is 5.02 Å². The zero-order valence-electron chi connectivity index (χ0n) is 12.8. The van der Waals surface area contributed by atoms with E-state index in [1.165, 1.54) is 45.2 Å². The predicted molar refractivity (Wildman–Crippen MR) is 89.7 cm³/mol. The van der Waals surface area contributed by atoms with Gasteiger partial charge in [-0.25, -0.2) is 0 Å². The number of hydrogen-bond donors (Lipinski definition) is 0. The summed E-state index contributed by atoms with van der Waals surface area (Å²) in [5.41, 5.74) is 1.67. The van der Waals surface area contributed by atoms with Crippen molar-refractivity contribution in [3.8, 4) is 0 Å². The maximum absolute atomic E-state index is 6.02. The van der Waals surface area contributed by atoms with Crippen LogP contribution in [0.1, 0.15) is 32.1 Å². The highest BCUT2D eigenvalue weighted by Gasteiger charge is 2.27. The minimum atomic E-state index is 0.705. The van der Waals surface area contributed by atoms with Crippen LogP contribution in [0.4, 0.5) is 6.01 Å². The van der Waals surface area contributed by atoms with Gasteiger partial charge in [0.05, 0.1) is 0 Å². The average Bonchev–Trinajstić information content (AvgIpc) is 2.99. The first-order valence-corrected chi connectivity index (χ1v) is 8.72. The highest BCUT2D eigenvalue weighted by Crippen LogP contribution is 2.28. The van der Waals surface area contributed by atoms with Crippen LogP contribution < -0.4 is 4.90 Å². The molecular formula is C17H22ClN3O. The maximum atomic E-state index is 6.02. The van der Waals surface area contributed by atoms with Gasteiger partial charge in [-0.2, -0.15) is 4.98 Å². The molecule has 4 rings (SSSR count). The van der Waals surface area contributed by atoms with Gasteiger partial charge in [0, 0.05) is 24.2 Å². The maximum Gasteiger partial charge on any atom is 0.298 e. The van der Waals surface area contributed by atoms with Crippen molar-refractivity contribution < 1.29 is 4.42 Å². The normalized spacial score (nSPS) is 21.6. The molecule has 2 fully saturated rings. The lowest BCUT2D eigenvalue weighted by Gasteiger charge is -2.39. The summed E-state index contributed by atoms with van der Waals surface area (Å²) in [5, 5.41) is 0.705. The number of fused-ring (bicyclic) bond motifs is 1. The van der Waals surface area contributed by atoms with Crippen LogP contribution in [-0.4, -0.2) is 42.1 Å². The second kappa shape index (κ2) is 6.09. The lowest BCUT2D eigenvalue weighted by Crippen LogP contribution is -2.46. The van der Waals surface area contributed by atoms with E-state index in [1.807, 2.05) is 18.2 Å². The van der Waals surface area contributed by atoms with Crippen LogP contribution >= 0.6 is 11.6 Å². The monoisotopic (exact) mass is 319 g/mol. The third kappa shape index (κ3) is 2.82. The second-order valence-electron chi connectivity index (χ2n) is 6.42. The summed E-state index contributed by atoms with van der Waals surface area (Å²) in [6.07, 6.45) is 6.55. The molecule has 118 valence electrons. The lowest BCUT2D eigenvalue weighted by atomic mass is 10.0. The van der Waals surface area contributed by atoms with Gasteiger partial charge in [-0.05, 0) is 57.0 Å². The number of benzene rings is 1. The average molecular weight is 320 g/mol. The van der Waals surface area contributed by atoms with E-state index in [9.17, 15) is 0 Å². The predicted octanol–water partition coefficient (Wildman–Crippen LogP) is 3.94. The molecule has 0 spiro atoms. The zero-order chi connectivity index (χ0) is 14.9. The fourth-order valence-corrected chi connectivity index (χ4v) is 3.90. The fourth-order valence-electron chi connectivity index (χ4n) is 3.73. The number of rotatable bonds is 2. The molecule has 4 nitrogen and oxygen atoms in total. The Hall–Kier alpha value is -1.26. The van der Waals surface area contributed by atoms with Gasteiger partial charge in [0.2, 0.25) is 0 Å². The number of halogens is 1. The third-order valence-electron chi connectivity index (χ3n) is 4.98. The molecule has 0 bridgehead atoms. The van der Waals surface area contributed by atoms with Crippen LogP contribution in [0.5, 0.6) is 0 Å². The van der Waals surface area contributed by atoms with E-state index in [0.717, 1.165) is 36.2 Å². The first kappa shape index (κ1) is 14.3. The molecule has 22 heavy (non-hydrogen) atoms. The van der Waals surface area contributed by atoms with Crippen molar-refractivity contribution in [3.05, 3.63) is 23.2 Å². The number of hydrogen-bond acceptors (Lipinski definition) is 4. The molecule has 2 aliphatic rings. The molecule has 0 amide bonds. The number of likely N-dealkylation sites (tertiary alicyclic amines) is 1. The van der Waals surface area contributed by atoms with Crippen LogP contribution in [0.2, 0.25) is 5.02 Å². The number of anilines is 1. The highest BCUT2D eigenvalue weighted by atomic mass is 35.5. The number of oxazole rings is 1. The first-order chi connectivity index (χ1) is 10.8. The van der Waals surface area contributed by atoms with E-state index < -0.39 is 0 Å². The molecule has 0 atom stereocenters. The molecule has 2 saturated heterocycles. The molecule has 0 radical (unpaired) electrons. The van der Waals surface area contributed by atoms with Crippen molar-refractivity contribution in [3.63, 3.8) is 0 Å². The largest absolute Gasteiger partial charge is 0.423 e. The van der Waals surface area contributed by atoms with Crippen molar-refractivity contribution in [2.24, 2.45) is 0 Å². The van der Waals surface area contributed by atoms with Crippen LogP contribution in [0.25, 0.3) is 11.1 Å². The Morgan fingerprint density at radius 2 is 1.82 bits per heavy atom. The van der Waals surface area contributed by atoms with E-state index in [1.54, 1.807) is 0 Å². The van der Waals surface area contributed by atoms with E-state index in [-0.39, 0.29) is 0 Å². The van der Waals surface area contributed by atoms with Crippen molar-refractivity contribution in [2.75, 3.05) is 31.1 Å². The summed E-state index contributed by atoms with van der Waals surface area (Å²) >= 11 is 6.02. The summed E-state index contributed by atoms with van der Waals surface area (Å²) in [4.78, 5) is 9.56. The molecule has 0 unspecified atom stereocenters. The van der Waals surface area contributed by atoms with Gasteiger partial charge >= 0.3 is 0 Å². The molecular weight excluding hydrogens is 298 g/mol. The summed E-state index contributed by atoms with van der Waals surface area (Å²) < 4.78 is 5.89. The topological polar surface area (TPSA) is 32.5 Å². The van der Waals surface area contributed by atoms with Crippen LogP contribution in [0.15, 0.2) is 22.6 Å². The standard InChI is InChI=1S/C17H22ClN3O/c18-13-4-5-16-15(12-13)19-17(22-16)21-10-6-14(7-11-21)20-8-2-1-3-9-20/h4-5,12,14H,1-3,6-11H2. The number of nitrogens with zero attached hydrogens (tertiary/aromatic N) is 3. The summed E-state index contributed by atoms with van der Waals surface area (Å²) in [5.74, 6) is 0. The van der Waals surface area contributed by atoms with Gasteiger partial charge in [0.15, 0.2) is 5.58 Å². The molecule has 2 aromatic rings. The molecule has 1 aromatic carbocycles. The van der Waals surface area contributed by atoms with Gasteiger partial charge in [-0.3, -0.25) is 0 Å². The van der Waals surface area contributed by atoms with Crippen LogP contribution in [0, 0.1) is 0 Å². The lowest BCUT2D eigenvalue weighted by molar-refractivity contribution is 0.140. The Bertz CT molecular complexity index is 642. The summed E-state index contributed by atoms with van der Waals surface area (Å²) in [6, 6.07) is 7.10. The van der Waals surface area contributed by atoms with Gasteiger partial charge in [0.25, 0.3) is 6.01 Å². The first-order valence-electron chi connectivity index (χ1n) is 8.35. The second-order valence-corrected chi connectivity index (χ2v) is 6.86. The molecule has 0 N–H and O–H groups in total. The summed E-state index contributed by atoms with van der Waals surface area (Å²) in [6.45, 7) is 4.63. The Morgan fingerprint density at radius 1 is 1.05 bits per heavy atom. The Morgan fingerprint density at radius 3 is 2.59 bits per heavy atom. The van der Waals surface area contributed by atoms with Crippen molar-refractivity contribution >= 4 is 28.7 Å². The Balaban J connectivity index is 1.43. The quantitative estimate of drug-likeness (QED) is 0.839. The molecule has 0 aliphatic carbocycles. The number of piperidine rings is 2. The van der Waals surface area contributed by atoms with E-state index in [4.69, 9.17) is 16.0 Å². The molecule has 0 saturated carbocycles. The molecule has 1 aromatic heterocycles. The van der Waals surface area contributed by atoms with E-state index in [2.05, 4.69) is 14.8 Å². The molecule has 5 heteroatoms. The molecule has 3 heterocycles. The van der Waals surface area contributed by atoms with E-state index >= 15 is 0 Å². The Kier molecular flexibility index (Phi) is 3.97. The minimum Gasteiger partial charge on any atom is -0.423 e. The summed E-state index contributed by atoms with van der Waals surface area (Å²) in [7, 11) is 0.